The predicted octanol–water partition coefficient (Wildman–Crippen LogP) is 3.63. The van der Waals surface area contributed by atoms with Crippen LogP contribution >= 0.6 is 11.6 Å². The van der Waals surface area contributed by atoms with E-state index >= 15 is 0 Å². The largest absolute Gasteiger partial charge is 0.492 e. The number of carbonyl (C=O) groups is 5. The Morgan fingerprint density at radius 3 is 2.21 bits per heavy atom. The van der Waals surface area contributed by atoms with Crippen molar-refractivity contribution in [3.8, 4) is 11.5 Å². The van der Waals surface area contributed by atoms with Crippen LogP contribution in [-0.2, 0) is 32.1 Å². The van der Waals surface area contributed by atoms with Crippen molar-refractivity contribution in [2.45, 2.75) is 31.5 Å². The molecule has 12 nitrogen and oxygen atoms in total. The van der Waals surface area contributed by atoms with E-state index in [0.717, 1.165) is 11.1 Å². The van der Waals surface area contributed by atoms with Crippen LogP contribution < -0.4 is 25.4 Å². The van der Waals surface area contributed by atoms with E-state index in [9.17, 15) is 24.0 Å². The van der Waals surface area contributed by atoms with Gasteiger partial charge in [-0.3, -0.25) is 24.0 Å². The quantitative estimate of drug-likeness (QED) is 0.222. The second kappa shape index (κ2) is 19.1. The van der Waals surface area contributed by atoms with Crippen molar-refractivity contribution in [2.75, 3.05) is 39.9 Å². The monoisotopic (exact) mass is 739 g/mol. The van der Waals surface area contributed by atoms with E-state index < -0.39 is 48.0 Å². The molecule has 3 N–H and O–H groups in total. The molecule has 53 heavy (non-hydrogen) atoms. The molecular formula is C40H42ClN5O7. The minimum Gasteiger partial charge on any atom is -0.492 e. The number of ether oxygens (including phenoxy) is 2. The van der Waals surface area contributed by atoms with Gasteiger partial charge in [-0.25, -0.2) is 0 Å². The molecule has 1 aliphatic rings. The van der Waals surface area contributed by atoms with Crippen LogP contribution in [0.4, 0.5) is 0 Å². The Bertz CT molecular complexity index is 1860. The maximum absolute atomic E-state index is 14.0. The first kappa shape index (κ1) is 38.4. The number of hydrogen-bond acceptors (Lipinski definition) is 7. The molecule has 4 aromatic rings. The van der Waals surface area contributed by atoms with Gasteiger partial charge in [-0.2, -0.15) is 0 Å². The molecular weight excluding hydrogens is 698 g/mol. The van der Waals surface area contributed by atoms with Crippen LogP contribution in [0.15, 0.2) is 109 Å². The molecule has 0 spiro atoms. The number of nitrogens with one attached hydrogen (secondary N) is 3. The van der Waals surface area contributed by atoms with Gasteiger partial charge in [0.15, 0.2) is 0 Å². The normalized spacial score (nSPS) is 17.5. The average Bonchev–Trinajstić information content (AvgIpc) is 3.16. The average molecular weight is 740 g/mol. The molecule has 276 valence electrons. The van der Waals surface area contributed by atoms with Crippen LogP contribution in [-0.4, -0.2) is 91.3 Å². The summed E-state index contributed by atoms with van der Waals surface area (Å²) in [6.45, 7) is -0.396. The van der Waals surface area contributed by atoms with E-state index in [-0.39, 0.29) is 50.7 Å². The van der Waals surface area contributed by atoms with Crippen LogP contribution in [0.2, 0.25) is 5.02 Å². The van der Waals surface area contributed by atoms with Gasteiger partial charge in [-0.05, 0) is 53.9 Å². The third-order valence-electron chi connectivity index (χ3n) is 8.45. The van der Waals surface area contributed by atoms with E-state index in [1.165, 1.54) is 16.8 Å². The number of nitrogens with zero attached hydrogens (tertiary/aromatic N) is 2. The van der Waals surface area contributed by atoms with Gasteiger partial charge in [0.25, 0.3) is 5.91 Å². The van der Waals surface area contributed by atoms with Gasteiger partial charge in [0.1, 0.15) is 37.3 Å². The number of hydrogen-bond donors (Lipinski definition) is 3. The lowest BCUT2D eigenvalue weighted by molar-refractivity contribution is -0.142. The van der Waals surface area contributed by atoms with Crippen LogP contribution in [0.1, 0.15) is 27.9 Å². The lowest BCUT2D eigenvalue weighted by Gasteiger charge is -2.27. The molecule has 0 aromatic heterocycles. The summed E-state index contributed by atoms with van der Waals surface area (Å²) in [5.74, 6) is -1.96. The molecule has 13 heteroatoms. The first-order chi connectivity index (χ1) is 25.6. The fourth-order valence-electron chi connectivity index (χ4n) is 5.66. The molecule has 4 aromatic carbocycles. The van der Waals surface area contributed by atoms with Crippen molar-refractivity contribution in [1.29, 1.82) is 0 Å². The van der Waals surface area contributed by atoms with Gasteiger partial charge < -0.3 is 35.2 Å². The van der Waals surface area contributed by atoms with E-state index in [2.05, 4.69) is 16.0 Å². The number of halogens is 1. The van der Waals surface area contributed by atoms with Crippen LogP contribution in [0.3, 0.4) is 0 Å². The highest BCUT2D eigenvalue weighted by Crippen LogP contribution is 2.20. The van der Waals surface area contributed by atoms with E-state index in [1.807, 2.05) is 60.7 Å². The number of carbonyl (C=O) groups excluding carboxylic acids is 5. The van der Waals surface area contributed by atoms with Crippen molar-refractivity contribution in [3.63, 3.8) is 0 Å². The zero-order valence-corrected chi connectivity index (χ0v) is 30.1. The number of rotatable bonds is 9. The fourth-order valence-corrected chi connectivity index (χ4v) is 5.79. The lowest BCUT2D eigenvalue weighted by atomic mass is 10.1. The minimum atomic E-state index is -1.32. The molecule has 5 amide bonds. The molecule has 1 aliphatic heterocycles. The summed E-state index contributed by atoms with van der Waals surface area (Å²) in [5.41, 5.74) is 1.83. The van der Waals surface area contributed by atoms with Crippen molar-refractivity contribution in [1.82, 2.24) is 25.8 Å². The Morgan fingerprint density at radius 2 is 1.49 bits per heavy atom. The molecule has 0 unspecified atom stereocenters. The smallest absolute Gasteiger partial charge is 0.255 e. The van der Waals surface area contributed by atoms with Gasteiger partial charge in [-0.1, -0.05) is 84.4 Å². The van der Waals surface area contributed by atoms with Crippen molar-refractivity contribution in [3.05, 3.63) is 131 Å². The fraction of sp³-hybridized carbons (Fsp3) is 0.275. The summed E-state index contributed by atoms with van der Waals surface area (Å²) < 4.78 is 11.8. The summed E-state index contributed by atoms with van der Waals surface area (Å²) in [5, 5.41) is 8.99. The molecule has 0 saturated heterocycles. The summed E-state index contributed by atoms with van der Waals surface area (Å²) in [7, 11) is 1.49. The molecule has 2 atom stereocenters. The number of para-hydroxylation sites is 1. The van der Waals surface area contributed by atoms with Gasteiger partial charge in [0, 0.05) is 18.6 Å². The summed E-state index contributed by atoms with van der Waals surface area (Å²) >= 11 is 5.95. The Kier molecular flexibility index (Phi) is 13.8. The summed E-state index contributed by atoms with van der Waals surface area (Å²) in [4.78, 5) is 70.8. The topological polar surface area (TPSA) is 146 Å². The first-order valence-corrected chi connectivity index (χ1v) is 17.6. The molecule has 5 rings (SSSR count). The minimum absolute atomic E-state index is 0.00343. The molecule has 1 heterocycles. The van der Waals surface area contributed by atoms with Crippen LogP contribution in [0.25, 0.3) is 0 Å². The van der Waals surface area contributed by atoms with E-state index in [4.69, 9.17) is 21.1 Å². The Morgan fingerprint density at radius 1 is 0.830 bits per heavy atom. The first-order valence-electron chi connectivity index (χ1n) is 17.2. The summed E-state index contributed by atoms with van der Waals surface area (Å²) in [6.07, 6.45) is -0.0377. The lowest BCUT2D eigenvalue weighted by Crippen LogP contribution is -2.51. The van der Waals surface area contributed by atoms with Crippen LogP contribution in [0.5, 0.6) is 11.5 Å². The summed E-state index contributed by atoms with van der Waals surface area (Å²) in [6, 6.07) is 30.1. The highest BCUT2D eigenvalue weighted by atomic mass is 35.5. The van der Waals surface area contributed by atoms with Crippen molar-refractivity contribution < 1.29 is 33.4 Å². The van der Waals surface area contributed by atoms with Crippen molar-refractivity contribution >= 4 is 41.1 Å². The Balaban J connectivity index is 1.41. The predicted molar refractivity (Wildman–Crippen MR) is 199 cm³/mol. The maximum Gasteiger partial charge on any atom is 0.255 e. The second-order valence-electron chi connectivity index (χ2n) is 12.6. The SMILES string of the molecule is CN1CC(=O)N[C@H](Cc2ccccc2)COc2ccccc2C(=O)N[C@H](C(=O)NCCOc2ccc(Cl)cc2)CC(=O)N(Cc2ccccc2)CC1=O. The van der Waals surface area contributed by atoms with Crippen molar-refractivity contribution in [2.24, 2.45) is 0 Å². The maximum atomic E-state index is 14.0. The molecule has 0 bridgehead atoms. The molecule has 0 saturated carbocycles. The second-order valence-corrected chi connectivity index (χ2v) is 13.0. The zero-order chi connectivity index (χ0) is 37.6. The standard InChI is InChI=1S/C40H42ClN5O7/c1-45-25-36(47)43-31(22-28-10-4-2-5-11-28)27-53-35-15-9-8-14-33(35)39(50)44-34(40(51)42-20-21-52-32-18-16-30(41)17-19-32)23-37(48)46(26-38(45)49)24-29-12-6-3-7-13-29/h2-19,31,34H,20-27H2,1H3,(H,42,51)(H,43,47)(H,44,50)/t31-,34+/m1/s1. The van der Waals surface area contributed by atoms with Gasteiger partial charge >= 0.3 is 0 Å². The number of amides is 5. The van der Waals surface area contributed by atoms with E-state index in [0.29, 0.717) is 17.2 Å². The number of benzene rings is 4. The van der Waals surface area contributed by atoms with E-state index in [1.54, 1.807) is 48.5 Å². The molecule has 0 fully saturated rings. The highest BCUT2D eigenvalue weighted by Gasteiger charge is 2.30. The van der Waals surface area contributed by atoms with Gasteiger partial charge in [-0.15, -0.1) is 0 Å². The number of likely N-dealkylation sites (N-methyl/N-ethyl adjacent to an activating group) is 1. The van der Waals surface area contributed by atoms with Crippen LogP contribution in [0, 0.1) is 0 Å². The van der Waals surface area contributed by atoms with Gasteiger partial charge in [0.05, 0.1) is 31.1 Å². The highest BCUT2D eigenvalue weighted by molar-refractivity contribution is 6.30. The Labute approximate surface area is 313 Å². The zero-order valence-electron chi connectivity index (χ0n) is 29.3. The number of fused-ring (bicyclic) bond motifs is 1. The third kappa shape index (κ3) is 11.8. The molecule has 0 radical (unpaired) electrons. The van der Waals surface area contributed by atoms with Gasteiger partial charge in [0.2, 0.25) is 23.6 Å². The Hall–Kier alpha value is -5.88. The molecule has 0 aliphatic carbocycles. The third-order valence-corrected chi connectivity index (χ3v) is 8.70.